The van der Waals surface area contributed by atoms with Crippen molar-refractivity contribution in [2.24, 2.45) is 0 Å². The Labute approximate surface area is 170 Å². The topological polar surface area (TPSA) is 102 Å². The molecule has 3 aromatic rings. The minimum absolute atomic E-state index is 0.0713. The molecule has 1 aliphatic heterocycles. The minimum atomic E-state index is -0.722. The third-order valence-electron chi connectivity index (χ3n) is 4.80. The molecule has 3 amide bonds. The number of hydrogen-bond acceptors (Lipinski definition) is 5. The molecule has 0 saturated carbocycles. The second-order valence-corrected chi connectivity index (χ2v) is 6.71. The molecule has 8 nitrogen and oxygen atoms in total. The van der Waals surface area contributed by atoms with Crippen LogP contribution in [0, 0.1) is 5.82 Å². The molecule has 0 spiro atoms. The van der Waals surface area contributed by atoms with E-state index >= 15 is 0 Å². The molecule has 1 aliphatic rings. The van der Waals surface area contributed by atoms with Crippen LogP contribution in [0.5, 0.6) is 5.75 Å². The summed E-state index contributed by atoms with van der Waals surface area (Å²) < 4.78 is 20.6. The van der Waals surface area contributed by atoms with Gasteiger partial charge in [-0.05, 0) is 41.5 Å². The van der Waals surface area contributed by atoms with E-state index in [-0.39, 0.29) is 17.9 Å². The first-order chi connectivity index (χ1) is 14.5. The summed E-state index contributed by atoms with van der Waals surface area (Å²) in [5.41, 5.74) is 1.03. The minimum Gasteiger partial charge on any atom is -0.497 e. The Morgan fingerprint density at radius 3 is 2.73 bits per heavy atom. The molecule has 4 rings (SSSR count). The summed E-state index contributed by atoms with van der Waals surface area (Å²) in [7, 11) is 1.40. The number of nitrogens with zero attached hydrogens (tertiary/aromatic N) is 2. The van der Waals surface area contributed by atoms with E-state index in [1.807, 2.05) is 0 Å². The number of halogens is 1. The summed E-state index contributed by atoms with van der Waals surface area (Å²) in [6.45, 7) is 0.0713. The van der Waals surface area contributed by atoms with Gasteiger partial charge in [-0.2, -0.15) is 0 Å². The summed E-state index contributed by atoms with van der Waals surface area (Å²) >= 11 is 0. The Bertz CT molecular complexity index is 1190. The van der Waals surface area contributed by atoms with Crippen LogP contribution in [0.15, 0.2) is 59.8 Å². The number of carbonyl (C=O) groups excluding carboxylic acids is 2. The molecule has 152 valence electrons. The molecule has 3 heterocycles. The maximum atomic E-state index is 14.1. The van der Waals surface area contributed by atoms with Crippen LogP contribution in [0.25, 0.3) is 16.8 Å². The van der Waals surface area contributed by atoms with Gasteiger partial charge in [0.2, 0.25) is 5.91 Å². The Morgan fingerprint density at radius 1 is 1.20 bits per heavy atom. The molecule has 9 heteroatoms. The van der Waals surface area contributed by atoms with E-state index in [1.165, 1.54) is 42.3 Å². The fraction of sp³-hybridized carbons (Fsp3) is 0.143. The van der Waals surface area contributed by atoms with Gasteiger partial charge in [0.05, 0.1) is 24.9 Å². The monoisotopic (exact) mass is 408 g/mol. The Hall–Kier alpha value is -4.01. The first kappa shape index (κ1) is 19.3. The van der Waals surface area contributed by atoms with Crippen molar-refractivity contribution in [2.45, 2.75) is 5.92 Å². The molecule has 2 aromatic heterocycles. The van der Waals surface area contributed by atoms with Crippen LogP contribution in [0.1, 0.15) is 11.5 Å². The molecule has 1 saturated heterocycles. The highest BCUT2D eigenvalue weighted by Crippen LogP contribution is 2.27. The molecule has 1 fully saturated rings. The third-order valence-corrected chi connectivity index (χ3v) is 4.80. The molecular formula is C21H17FN4O4. The lowest BCUT2D eigenvalue weighted by Crippen LogP contribution is -2.51. The highest BCUT2D eigenvalue weighted by Gasteiger charge is 2.29. The third kappa shape index (κ3) is 3.64. The van der Waals surface area contributed by atoms with Crippen molar-refractivity contribution in [3.63, 3.8) is 0 Å². The van der Waals surface area contributed by atoms with Crippen molar-refractivity contribution < 1.29 is 18.7 Å². The van der Waals surface area contributed by atoms with Crippen molar-refractivity contribution in [1.82, 2.24) is 20.2 Å². The Balaban J connectivity index is 1.94. The summed E-state index contributed by atoms with van der Waals surface area (Å²) in [6, 6.07) is 8.29. The number of hydrogen-bond donors (Lipinski definition) is 2. The van der Waals surface area contributed by atoms with Crippen LogP contribution in [0.2, 0.25) is 0 Å². The standard InChI is InChI=1S/C21H17FN4O4/c1-30-16-6-12(5-14(22)8-16)17-7-13(18-10-24-21(29)25-19(18)27)11-26(20(17)28)15-3-2-4-23-9-15/h2-9,11,18H,10H2,1H3,(H2,24,25,27,29). The fourth-order valence-electron chi connectivity index (χ4n) is 3.32. The fourth-order valence-corrected chi connectivity index (χ4v) is 3.32. The predicted molar refractivity (Wildman–Crippen MR) is 106 cm³/mol. The molecule has 0 aliphatic carbocycles. The molecule has 2 N–H and O–H groups in total. The molecule has 0 radical (unpaired) electrons. The summed E-state index contributed by atoms with van der Waals surface area (Å²) in [4.78, 5) is 41.1. The van der Waals surface area contributed by atoms with E-state index in [9.17, 15) is 18.8 Å². The molecule has 30 heavy (non-hydrogen) atoms. The van der Waals surface area contributed by atoms with Gasteiger partial charge < -0.3 is 10.1 Å². The molecular weight excluding hydrogens is 391 g/mol. The highest BCUT2D eigenvalue weighted by molar-refractivity contribution is 6.00. The number of rotatable bonds is 4. The zero-order valence-corrected chi connectivity index (χ0v) is 15.9. The zero-order chi connectivity index (χ0) is 21.3. The average Bonchev–Trinajstić information content (AvgIpc) is 2.74. The number of amides is 3. The van der Waals surface area contributed by atoms with Crippen LogP contribution in [0.4, 0.5) is 9.18 Å². The van der Waals surface area contributed by atoms with Gasteiger partial charge in [-0.25, -0.2) is 9.18 Å². The summed E-state index contributed by atoms with van der Waals surface area (Å²) in [5, 5.41) is 4.79. The van der Waals surface area contributed by atoms with Crippen molar-refractivity contribution in [2.75, 3.05) is 13.7 Å². The van der Waals surface area contributed by atoms with E-state index in [0.29, 0.717) is 16.8 Å². The van der Waals surface area contributed by atoms with Crippen LogP contribution in [0.3, 0.4) is 0 Å². The van der Waals surface area contributed by atoms with Crippen LogP contribution < -0.4 is 20.9 Å². The molecule has 0 bridgehead atoms. The second-order valence-electron chi connectivity index (χ2n) is 6.71. The number of urea groups is 1. The number of imide groups is 1. The Morgan fingerprint density at radius 2 is 2.03 bits per heavy atom. The maximum Gasteiger partial charge on any atom is 0.321 e. The van der Waals surface area contributed by atoms with Gasteiger partial charge in [0, 0.05) is 30.6 Å². The first-order valence-corrected chi connectivity index (χ1v) is 9.07. The van der Waals surface area contributed by atoms with Crippen LogP contribution >= 0.6 is 0 Å². The number of carbonyl (C=O) groups is 2. The normalized spacial score (nSPS) is 16.0. The number of nitrogens with one attached hydrogen (secondary N) is 2. The quantitative estimate of drug-likeness (QED) is 0.687. The smallest absolute Gasteiger partial charge is 0.321 e. The average molecular weight is 408 g/mol. The first-order valence-electron chi connectivity index (χ1n) is 9.07. The van der Waals surface area contributed by atoms with E-state index in [4.69, 9.17) is 4.74 Å². The lowest BCUT2D eigenvalue weighted by molar-refractivity contribution is -0.122. The number of methoxy groups -OCH3 is 1. The maximum absolute atomic E-state index is 14.1. The van der Waals surface area contributed by atoms with Gasteiger partial charge in [0.15, 0.2) is 0 Å². The summed E-state index contributed by atoms with van der Waals surface area (Å²) in [5.74, 6) is -1.52. The van der Waals surface area contributed by atoms with Gasteiger partial charge >= 0.3 is 6.03 Å². The summed E-state index contributed by atoms with van der Waals surface area (Å²) in [6.07, 6.45) is 4.60. The highest BCUT2D eigenvalue weighted by atomic mass is 19.1. The molecule has 1 atom stereocenters. The zero-order valence-electron chi connectivity index (χ0n) is 15.9. The number of pyridine rings is 2. The molecule has 1 unspecified atom stereocenters. The van der Waals surface area contributed by atoms with E-state index < -0.39 is 29.2 Å². The van der Waals surface area contributed by atoms with Gasteiger partial charge in [-0.15, -0.1) is 0 Å². The number of aromatic nitrogens is 2. The number of ether oxygens (including phenoxy) is 1. The SMILES string of the molecule is COc1cc(F)cc(-c2cc(C3CNC(=O)NC3=O)cn(-c3cccnc3)c2=O)c1. The van der Waals surface area contributed by atoms with Gasteiger partial charge in [-0.1, -0.05) is 0 Å². The van der Waals surface area contributed by atoms with Gasteiger partial charge in [0.1, 0.15) is 11.6 Å². The van der Waals surface area contributed by atoms with Crippen LogP contribution in [-0.4, -0.2) is 35.1 Å². The second kappa shape index (κ2) is 7.78. The van der Waals surface area contributed by atoms with Gasteiger partial charge in [0.25, 0.3) is 5.56 Å². The van der Waals surface area contributed by atoms with Crippen molar-refractivity contribution >= 4 is 11.9 Å². The van der Waals surface area contributed by atoms with E-state index in [0.717, 1.165) is 0 Å². The number of benzene rings is 1. The van der Waals surface area contributed by atoms with Crippen LogP contribution in [-0.2, 0) is 4.79 Å². The molecule has 1 aromatic carbocycles. The van der Waals surface area contributed by atoms with Gasteiger partial charge in [-0.3, -0.25) is 24.5 Å². The largest absolute Gasteiger partial charge is 0.497 e. The van der Waals surface area contributed by atoms with Crippen molar-refractivity contribution in [3.05, 3.63) is 76.7 Å². The van der Waals surface area contributed by atoms with Crippen molar-refractivity contribution in [3.8, 4) is 22.6 Å². The van der Waals surface area contributed by atoms with Crippen molar-refractivity contribution in [1.29, 1.82) is 0 Å². The lowest BCUT2D eigenvalue weighted by atomic mass is 9.95. The predicted octanol–water partition coefficient (Wildman–Crippen LogP) is 1.97. The Kier molecular flexibility index (Phi) is 5.01. The van der Waals surface area contributed by atoms with E-state index in [1.54, 1.807) is 24.4 Å². The lowest BCUT2D eigenvalue weighted by Gasteiger charge is -2.23. The van der Waals surface area contributed by atoms with E-state index in [2.05, 4.69) is 15.6 Å².